The van der Waals surface area contributed by atoms with Crippen molar-refractivity contribution in [2.24, 2.45) is 0 Å². The monoisotopic (exact) mass is 398 g/mol. The summed E-state index contributed by atoms with van der Waals surface area (Å²) < 4.78 is 15.6. The zero-order valence-electron chi connectivity index (χ0n) is 15.9. The number of rotatable bonds is 8. The number of aryl methyl sites for hydroxylation is 1. The van der Waals surface area contributed by atoms with E-state index >= 15 is 0 Å². The smallest absolute Gasteiger partial charge is 0.233 e. The van der Waals surface area contributed by atoms with Gasteiger partial charge in [-0.25, -0.2) is 4.39 Å². The Morgan fingerprint density at radius 1 is 1.14 bits per heavy atom. The molecule has 0 aliphatic rings. The van der Waals surface area contributed by atoms with E-state index in [2.05, 4.69) is 27.6 Å². The molecule has 0 fully saturated rings. The van der Waals surface area contributed by atoms with Crippen molar-refractivity contribution >= 4 is 17.7 Å². The van der Waals surface area contributed by atoms with Gasteiger partial charge in [-0.15, -0.1) is 10.2 Å². The van der Waals surface area contributed by atoms with Crippen molar-refractivity contribution in [2.45, 2.75) is 43.1 Å². The number of hydrogen-bond donors (Lipinski definition) is 1. The molecule has 1 aromatic heterocycles. The average Bonchev–Trinajstić information content (AvgIpc) is 3.15. The Morgan fingerprint density at radius 3 is 2.61 bits per heavy atom. The summed E-state index contributed by atoms with van der Waals surface area (Å²) in [6, 6.07) is 16.7. The highest BCUT2D eigenvalue weighted by Crippen LogP contribution is 2.25. The van der Waals surface area contributed by atoms with Crippen LogP contribution in [0.4, 0.5) is 4.39 Å². The van der Waals surface area contributed by atoms with E-state index in [1.165, 1.54) is 29.7 Å². The SMILES string of the molecule is CC(CCc1ccccc1)NC(=O)C(C)Sc1nncn1-c1ccccc1F. The standard InChI is InChI=1S/C21H23FN4OS/c1-15(12-13-17-8-4-3-5-9-17)24-20(27)16(2)28-21-25-23-14-26(21)19-11-7-6-10-18(19)22/h3-11,14-16H,12-13H2,1-2H3,(H,24,27). The average molecular weight is 399 g/mol. The van der Waals surface area contributed by atoms with Crippen LogP contribution < -0.4 is 5.32 Å². The van der Waals surface area contributed by atoms with Gasteiger partial charge < -0.3 is 5.32 Å². The summed E-state index contributed by atoms with van der Waals surface area (Å²) in [5.74, 6) is -0.440. The molecule has 1 heterocycles. The first-order valence-corrected chi connectivity index (χ1v) is 10.1. The lowest BCUT2D eigenvalue weighted by atomic mass is 10.1. The maximum absolute atomic E-state index is 14.1. The van der Waals surface area contributed by atoms with Gasteiger partial charge >= 0.3 is 0 Å². The maximum Gasteiger partial charge on any atom is 0.233 e. The fraction of sp³-hybridized carbons (Fsp3) is 0.286. The minimum Gasteiger partial charge on any atom is -0.353 e. The van der Waals surface area contributed by atoms with Crippen molar-refractivity contribution in [3.63, 3.8) is 0 Å². The molecule has 0 bridgehead atoms. The number of amides is 1. The number of aromatic nitrogens is 3. The fourth-order valence-corrected chi connectivity index (χ4v) is 3.63. The van der Waals surface area contributed by atoms with Crippen LogP contribution in [0.25, 0.3) is 5.69 Å². The Labute approximate surface area is 168 Å². The van der Waals surface area contributed by atoms with Crippen LogP contribution in [0.5, 0.6) is 0 Å². The number of halogens is 1. The van der Waals surface area contributed by atoms with Crippen molar-refractivity contribution in [1.29, 1.82) is 0 Å². The summed E-state index contributed by atoms with van der Waals surface area (Å²) in [5, 5.41) is 11.0. The minimum atomic E-state index is -0.381. The molecule has 28 heavy (non-hydrogen) atoms. The van der Waals surface area contributed by atoms with E-state index in [0.717, 1.165) is 12.8 Å². The number of thioether (sulfide) groups is 1. The lowest BCUT2D eigenvalue weighted by molar-refractivity contribution is -0.120. The van der Waals surface area contributed by atoms with Gasteiger partial charge in [0.1, 0.15) is 12.1 Å². The summed E-state index contributed by atoms with van der Waals surface area (Å²) in [7, 11) is 0. The molecule has 2 unspecified atom stereocenters. The Balaban J connectivity index is 1.56. The second-order valence-electron chi connectivity index (χ2n) is 6.63. The molecule has 0 aliphatic carbocycles. The number of benzene rings is 2. The van der Waals surface area contributed by atoms with Crippen molar-refractivity contribution in [1.82, 2.24) is 20.1 Å². The first-order chi connectivity index (χ1) is 13.5. The van der Waals surface area contributed by atoms with Crippen LogP contribution >= 0.6 is 11.8 Å². The number of nitrogens with zero attached hydrogens (tertiary/aromatic N) is 3. The van der Waals surface area contributed by atoms with E-state index in [1.807, 2.05) is 32.0 Å². The zero-order chi connectivity index (χ0) is 19.9. The van der Waals surface area contributed by atoms with Gasteiger partial charge in [0.25, 0.3) is 0 Å². The molecule has 2 aromatic carbocycles. The third kappa shape index (κ3) is 5.19. The van der Waals surface area contributed by atoms with Crippen molar-refractivity contribution in [3.8, 4) is 5.69 Å². The Kier molecular flexibility index (Phi) is 6.81. The second kappa shape index (κ2) is 9.50. The topological polar surface area (TPSA) is 59.8 Å². The molecule has 1 amide bonds. The summed E-state index contributed by atoms with van der Waals surface area (Å²) in [6.07, 6.45) is 3.22. The van der Waals surface area contributed by atoms with Crippen LogP contribution in [0, 0.1) is 5.82 Å². The van der Waals surface area contributed by atoms with E-state index in [4.69, 9.17) is 0 Å². The number of nitrogens with one attached hydrogen (secondary N) is 1. The predicted molar refractivity (Wildman–Crippen MR) is 109 cm³/mol. The van der Waals surface area contributed by atoms with Gasteiger partial charge in [-0.1, -0.05) is 54.2 Å². The van der Waals surface area contributed by atoms with E-state index in [1.54, 1.807) is 22.8 Å². The van der Waals surface area contributed by atoms with E-state index in [-0.39, 0.29) is 23.0 Å². The fourth-order valence-electron chi connectivity index (χ4n) is 2.79. The molecule has 0 spiro atoms. The maximum atomic E-state index is 14.1. The highest BCUT2D eigenvalue weighted by Gasteiger charge is 2.20. The van der Waals surface area contributed by atoms with Crippen LogP contribution in [0.3, 0.4) is 0 Å². The second-order valence-corrected chi connectivity index (χ2v) is 7.94. The third-order valence-corrected chi connectivity index (χ3v) is 5.43. The van der Waals surface area contributed by atoms with Gasteiger partial charge in [0.05, 0.1) is 10.9 Å². The van der Waals surface area contributed by atoms with Crippen LogP contribution in [-0.2, 0) is 11.2 Å². The number of carbonyl (C=O) groups excluding carboxylic acids is 1. The van der Waals surface area contributed by atoms with Gasteiger partial charge in [0.2, 0.25) is 5.91 Å². The highest BCUT2D eigenvalue weighted by atomic mass is 32.2. The lowest BCUT2D eigenvalue weighted by Crippen LogP contribution is -2.38. The zero-order valence-corrected chi connectivity index (χ0v) is 16.7. The minimum absolute atomic E-state index is 0.0557. The largest absolute Gasteiger partial charge is 0.353 e. The molecule has 7 heteroatoms. The first-order valence-electron chi connectivity index (χ1n) is 9.20. The van der Waals surface area contributed by atoms with Crippen LogP contribution in [0.15, 0.2) is 66.1 Å². The molecule has 146 valence electrons. The molecule has 1 N–H and O–H groups in total. The predicted octanol–water partition coefficient (Wildman–Crippen LogP) is 4.02. The van der Waals surface area contributed by atoms with Crippen LogP contribution in [0.2, 0.25) is 0 Å². The van der Waals surface area contributed by atoms with Crippen molar-refractivity contribution in [3.05, 3.63) is 72.3 Å². The summed E-state index contributed by atoms with van der Waals surface area (Å²) >= 11 is 1.26. The Morgan fingerprint density at radius 2 is 1.86 bits per heavy atom. The molecule has 5 nitrogen and oxygen atoms in total. The van der Waals surface area contributed by atoms with E-state index in [9.17, 15) is 9.18 Å². The van der Waals surface area contributed by atoms with Gasteiger partial charge in [-0.2, -0.15) is 0 Å². The quantitative estimate of drug-likeness (QED) is 0.582. The molecule has 3 rings (SSSR count). The molecule has 0 saturated heterocycles. The highest BCUT2D eigenvalue weighted by molar-refractivity contribution is 8.00. The van der Waals surface area contributed by atoms with Crippen LogP contribution in [-0.4, -0.2) is 32.0 Å². The summed E-state index contributed by atoms with van der Waals surface area (Å²) in [5.41, 5.74) is 1.61. The molecule has 2 atom stereocenters. The summed E-state index contributed by atoms with van der Waals surface area (Å²) in [4.78, 5) is 12.5. The van der Waals surface area contributed by atoms with Crippen LogP contribution in [0.1, 0.15) is 25.8 Å². The van der Waals surface area contributed by atoms with Gasteiger partial charge in [0.15, 0.2) is 5.16 Å². The normalized spacial score (nSPS) is 13.1. The third-order valence-electron chi connectivity index (χ3n) is 4.38. The van der Waals surface area contributed by atoms with Gasteiger partial charge in [-0.05, 0) is 44.4 Å². The number of carbonyl (C=O) groups is 1. The molecule has 0 aliphatic heterocycles. The lowest BCUT2D eigenvalue weighted by Gasteiger charge is -2.17. The summed E-state index contributed by atoms with van der Waals surface area (Å²) in [6.45, 7) is 3.81. The Hall–Kier alpha value is -2.67. The molecular weight excluding hydrogens is 375 g/mol. The van der Waals surface area contributed by atoms with Crippen molar-refractivity contribution < 1.29 is 9.18 Å². The van der Waals surface area contributed by atoms with E-state index in [0.29, 0.717) is 10.8 Å². The van der Waals surface area contributed by atoms with Gasteiger partial charge in [-0.3, -0.25) is 9.36 Å². The molecule has 0 saturated carbocycles. The van der Waals surface area contributed by atoms with E-state index < -0.39 is 0 Å². The number of para-hydroxylation sites is 1. The molecule has 3 aromatic rings. The first kappa shape index (κ1) is 20.1. The van der Waals surface area contributed by atoms with Crippen molar-refractivity contribution in [2.75, 3.05) is 0 Å². The molecule has 0 radical (unpaired) electrons. The Bertz CT molecular complexity index is 916. The number of hydrogen-bond acceptors (Lipinski definition) is 4. The van der Waals surface area contributed by atoms with Gasteiger partial charge in [0, 0.05) is 6.04 Å². The molecular formula is C21H23FN4OS.